The smallest absolute Gasteiger partial charge is 0.304 e. The van der Waals surface area contributed by atoms with Crippen molar-refractivity contribution in [1.29, 1.82) is 0 Å². The fraction of sp³-hybridized carbons (Fsp3) is 0.235. The summed E-state index contributed by atoms with van der Waals surface area (Å²) in [5.41, 5.74) is 0.302. The molecule has 21 heavy (non-hydrogen) atoms. The van der Waals surface area contributed by atoms with Crippen molar-refractivity contribution in [2.45, 2.75) is 25.7 Å². The van der Waals surface area contributed by atoms with Gasteiger partial charge in [-0.1, -0.05) is 38.1 Å². The summed E-state index contributed by atoms with van der Waals surface area (Å²) < 4.78 is 27.8. The Morgan fingerprint density at radius 2 is 1.67 bits per heavy atom. The van der Waals surface area contributed by atoms with Crippen LogP contribution >= 0.6 is 0 Å². The molecule has 2 aromatic carbocycles. The molecule has 0 radical (unpaired) electrons. The highest BCUT2D eigenvalue weighted by Gasteiger charge is 2.25. The Kier molecular flexibility index (Phi) is 4.07. The number of hydrogen-bond donors (Lipinski definition) is 1. The van der Waals surface area contributed by atoms with Gasteiger partial charge in [-0.05, 0) is 23.8 Å². The summed E-state index contributed by atoms with van der Waals surface area (Å²) in [5.74, 6) is -1.98. The zero-order valence-corrected chi connectivity index (χ0v) is 11.9. The molecule has 4 heteroatoms. The molecule has 0 bridgehead atoms. The van der Waals surface area contributed by atoms with Crippen LogP contribution in [0.1, 0.15) is 25.8 Å². The summed E-state index contributed by atoms with van der Waals surface area (Å²) in [4.78, 5) is 10.9. The van der Waals surface area contributed by atoms with Gasteiger partial charge in [0.2, 0.25) is 0 Å². The lowest BCUT2D eigenvalue weighted by atomic mass is 9.80. The average Bonchev–Trinajstić information content (AvgIpc) is 2.38. The Hall–Kier alpha value is -2.23. The lowest BCUT2D eigenvalue weighted by Crippen LogP contribution is -2.21. The van der Waals surface area contributed by atoms with E-state index < -0.39 is 23.0 Å². The molecule has 0 fully saturated rings. The van der Waals surface area contributed by atoms with Crippen LogP contribution in [0.25, 0.3) is 11.1 Å². The van der Waals surface area contributed by atoms with Crippen LogP contribution in [0.3, 0.4) is 0 Å². The molecule has 0 saturated carbocycles. The number of aliphatic carboxylic acids is 1. The normalized spacial score (nSPS) is 11.4. The molecule has 110 valence electrons. The van der Waals surface area contributed by atoms with Gasteiger partial charge >= 0.3 is 5.97 Å². The van der Waals surface area contributed by atoms with Gasteiger partial charge in [0.05, 0.1) is 6.42 Å². The largest absolute Gasteiger partial charge is 0.481 e. The predicted octanol–water partition coefficient (Wildman–Crippen LogP) is 4.38. The molecule has 1 N–H and O–H groups in total. The van der Waals surface area contributed by atoms with Crippen molar-refractivity contribution in [2.24, 2.45) is 0 Å². The van der Waals surface area contributed by atoms with Gasteiger partial charge in [-0.2, -0.15) is 0 Å². The van der Waals surface area contributed by atoms with Crippen molar-refractivity contribution < 1.29 is 18.7 Å². The summed E-state index contributed by atoms with van der Waals surface area (Å²) in [6, 6.07) is 10.3. The van der Waals surface area contributed by atoms with Crippen molar-refractivity contribution in [3.8, 4) is 11.1 Å². The average molecular weight is 290 g/mol. The van der Waals surface area contributed by atoms with Gasteiger partial charge in [-0.15, -0.1) is 0 Å². The Morgan fingerprint density at radius 3 is 2.29 bits per heavy atom. The van der Waals surface area contributed by atoms with Crippen LogP contribution in [0.15, 0.2) is 42.5 Å². The predicted molar refractivity (Wildman–Crippen MR) is 77.1 cm³/mol. The minimum atomic E-state index is -0.934. The standard InChI is InChI=1S/C17H16F2O2/c1-17(2,10-16(20)21)11-7-8-15(19)13(9-11)12-5-3-4-6-14(12)18/h3-9H,10H2,1-2H3,(H,20,21). The topological polar surface area (TPSA) is 37.3 Å². The summed E-state index contributed by atoms with van der Waals surface area (Å²) in [5, 5.41) is 8.96. The number of rotatable bonds is 4. The van der Waals surface area contributed by atoms with Crippen LogP contribution in [-0.2, 0) is 10.2 Å². The monoisotopic (exact) mass is 290 g/mol. The van der Waals surface area contributed by atoms with Crippen LogP contribution in [0.4, 0.5) is 8.78 Å². The Morgan fingerprint density at radius 1 is 1.05 bits per heavy atom. The first-order valence-corrected chi connectivity index (χ1v) is 6.58. The van der Waals surface area contributed by atoms with E-state index in [2.05, 4.69) is 0 Å². The van der Waals surface area contributed by atoms with Gasteiger partial charge in [-0.25, -0.2) is 8.78 Å². The number of benzene rings is 2. The van der Waals surface area contributed by atoms with E-state index in [0.29, 0.717) is 5.56 Å². The Bertz CT molecular complexity index is 678. The van der Waals surface area contributed by atoms with E-state index in [1.807, 2.05) is 0 Å². The van der Waals surface area contributed by atoms with Gasteiger partial charge in [0.15, 0.2) is 0 Å². The van der Waals surface area contributed by atoms with Gasteiger partial charge < -0.3 is 5.11 Å². The quantitative estimate of drug-likeness (QED) is 0.907. The van der Waals surface area contributed by atoms with E-state index in [1.54, 1.807) is 26.0 Å². The first kappa shape index (κ1) is 15.2. The number of carbonyl (C=O) groups is 1. The number of hydrogen-bond acceptors (Lipinski definition) is 1. The van der Waals surface area contributed by atoms with Crippen molar-refractivity contribution in [3.05, 3.63) is 59.7 Å². The highest BCUT2D eigenvalue weighted by Crippen LogP contribution is 2.33. The molecule has 0 unspecified atom stereocenters. The third-order valence-corrected chi connectivity index (χ3v) is 3.51. The first-order valence-electron chi connectivity index (χ1n) is 6.58. The maximum absolute atomic E-state index is 14.0. The van der Waals surface area contributed by atoms with Crippen molar-refractivity contribution in [2.75, 3.05) is 0 Å². The molecule has 0 saturated heterocycles. The van der Waals surface area contributed by atoms with Crippen LogP contribution in [0, 0.1) is 11.6 Å². The molecular formula is C17H16F2O2. The molecule has 0 aliphatic carbocycles. The van der Waals surface area contributed by atoms with E-state index in [-0.39, 0.29) is 17.5 Å². The third-order valence-electron chi connectivity index (χ3n) is 3.51. The van der Waals surface area contributed by atoms with E-state index in [4.69, 9.17) is 5.11 Å². The molecule has 0 heterocycles. The highest BCUT2D eigenvalue weighted by atomic mass is 19.1. The fourth-order valence-electron chi connectivity index (χ4n) is 2.31. The minimum absolute atomic E-state index is 0.0880. The zero-order chi connectivity index (χ0) is 15.6. The molecule has 0 atom stereocenters. The molecule has 0 aromatic heterocycles. The zero-order valence-electron chi connectivity index (χ0n) is 11.9. The summed E-state index contributed by atoms with van der Waals surface area (Å²) in [6.45, 7) is 3.53. The van der Waals surface area contributed by atoms with Gasteiger partial charge in [0, 0.05) is 16.5 Å². The maximum atomic E-state index is 14.0. The third kappa shape index (κ3) is 3.27. The second-order valence-corrected chi connectivity index (χ2v) is 5.63. The molecule has 0 aliphatic rings. The van der Waals surface area contributed by atoms with E-state index in [9.17, 15) is 13.6 Å². The minimum Gasteiger partial charge on any atom is -0.481 e. The molecule has 2 nitrogen and oxygen atoms in total. The first-order chi connectivity index (χ1) is 9.81. The van der Waals surface area contributed by atoms with Crippen LogP contribution in [-0.4, -0.2) is 11.1 Å². The SMILES string of the molecule is CC(C)(CC(=O)O)c1ccc(F)c(-c2ccccc2F)c1. The number of carboxylic acid groups (broad SMARTS) is 1. The van der Waals surface area contributed by atoms with Crippen LogP contribution in [0.2, 0.25) is 0 Å². The second kappa shape index (κ2) is 5.64. The van der Waals surface area contributed by atoms with Crippen molar-refractivity contribution >= 4 is 5.97 Å². The molecule has 0 spiro atoms. The molecular weight excluding hydrogens is 274 g/mol. The highest BCUT2D eigenvalue weighted by molar-refractivity contribution is 5.70. The fourth-order valence-corrected chi connectivity index (χ4v) is 2.31. The Balaban J connectivity index is 2.53. The van der Waals surface area contributed by atoms with Gasteiger partial charge in [-0.3, -0.25) is 4.79 Å². The van der Waals surface area contributed by atoms with E-state index >= 15 is 0 Å². The summed E-state index contributed by atoms with van der Waals surface area (Å²) >= 11 is 0. The van der Waals surface area contributed by atoms with Crippen molar-refractivity contribution in [1.82, 2.24) is 0 Å². The van der Waals surface area contributed by atoms with Crippen LogP contribution in [0.5, 0.6) is 0 Å². The summed E-state index contributed by atoms with van der Waals surface area (Å²) in [6.07, 6.45) is -0.0880. The second-order valence-electron chi connectivity index (χ2n) is 5.63. The molecule has 2 rings (SSSR count). The maximum Gasteiger partial charge on any atom is 0.304 e. The van der Waals surface area contributed by atoms with Gasteiger partial charge in [0.25, 0.3) is 0 Å². The lowest BCUT2D eigenvalue weighted by molar-refractivity contribution is -0.138. The summed E-state index contributed by atoms with van der Waals surface area (Å²) in [7, 11) is 0. The Labute approximate surface area is 122 Å². The molecule has 0 aliphatic heterocycles. The van der Waals surface area contributed by atoms with Crippen molar-refractivity contribution in [3.63, 3.8) is 0 Å². The van der Waals surface area contributed by atoms with Gasteiger partial charge in [0.1, 0.15) is 11.6 Å². The number of halogens is 2. The number of carboxylic acids is 1. The molecule has 2 aromatic rings. The van der Waals surface area contributed by atoms with E-state index in [0.717, 1.165) is 0 Å². The van der Waals surface area contributed by atoms with Crippen LogP contribution < -0.4 is 0 Å². The lowest BCUT2D eigenvalue weighted by Gasteiger charge is -2.24. The molecule has 0 amide bonds. The van der Waals surface area contributed by atoms with E-state index in [1.165, 1.54) is 30.3 Å².